The van der Waals surface area contributed by atoms with Crippen molar-refractivity contribution in [2.75, 3.05) is 0 Å². The van der Waals surface area contributed by atoms with Gasteiger partial charge in [-0.2, -0.15) is 0 Å². The van der Waals surface area contributed by atoms with Crippen LogP contribution < -0.4 is 0 Å². The first-order valence-electron chi connectivity index (χ1n) is 4.35. The Hall–Kier alpha value is -1.68. The zero-order chi connectivity index (χ0) is 9.26. The molecule has 0 saturated heterocycles. The molecule has 0 spiro atoms. The summed E-state index contributed by atoms with van der Waals surface area (Å²) in [4.78, 5) is 3.21. The summed E-state index contributed by atoms with van der Waals surface area (Å²) in [6, 6.07) is 8.25. The molecule has 1 aromatic heterocycles. The van der Waals surface area contributed by atoms with Gasteiger partial charge in [0, 0.05) is 17.6 Å². The molecule has 0 aliphatic heterocycles. The van der Waals surface area contributed by atoms with Crippen molar-refractivity contribution in [1.82, 2.24) is 4.98 Å². The molecule has 1 N–H and O–H groups in total. The van der Waals surface area contributed by atoms with E-state index in [1.165, 1.54) is 10.9 Å². The lowest BCUT2D eigenvalue weighted by molar-refractivity contribution is 1.01. The van der Waals surface area contributed by atoms with Gasteiger partial charge in [-0.3, -0.25) is 0 Å². The molecule has 64 valence electrons. The minimum absolute atomic E-state index is 0.169. The van der Waals surface area contributed by atoms with Gasteiger partial charge in [0.2, 0.25) is 0 Å². The minimum atomic E-state index is 0.169. The lowest BCUT2D eigenvalue weighted by Gasteiger charge is -2.05. The van der Waals surface area contributed by atoms with Gasteiger partial charge in [0.1, 0.15) is 0 Å². The lowest BCUT2D eigenvalue weighted by atomic mass is 10.00. The van der Waals surface area contributed by atoms with Crippen LogP contribution in [0.2, 0.25) is 0 Å². The molecule has 1 nitrogen and oxygen atoms in total. The van der Waals surface area contributed by atoms with Crippen molar-refractivity contribution < 1.29 is 0 Å². The maximum absolute atomic E-state index is 5.40. The molecule has 0 aliphatic rings. The standard InChI is InChI=1S/C12H11N/c1-3-9(2)11-6-4-5-10-7-8-13-12(10)11/h1,4-9,13H,2H3. The molecule has 0 bridgehead atoms. The molecule has 0 saturated carbocycles. The van der Waals surface area contributed by atoms with Crippen LogP contribution in [0.4, 0.5) is 0 Å². The molecule has 0 amide bonds. The van der Waals surface area contributed by atoms with E-state index in [0.29, 0.717) is 0 Å². The topological polar surface area (TPSA) is 15.8 Å². The molecule has 0 aliphatic carbocycles. The number of rotatable bonds is 1. The average molecular weight is 169 g/mol. The summed E-state index contributed by atoms with van der Waals surface area (Å²) in [7, 11) is 0. The third kappa shape index (κ3) is 1.21. The van der Waals surface area contributed by atoms with E-state index < -0.39 is 0 Å². The van der Waals surface area contributed by atoms with E-state index in [0.717, 1.165) is 5.52 Å². The molecule has 1 heteroatoms. The first kappa shape index (κ1) is 7.94. The molecule has 0 radical (unpaired) electrons. The molecule has 2 aromatic rings. The highest BCUT2D eigenvalue weighted by Gasteiger charge is 2.06. The van der Waals surface area contributed by atoms with Crippen molar-refractivity contribution in [1.29, 1.82) is 0 Å². The third-order valence-electron chi connectivity index (χ3n) is 2.34. The number of H-pyrrole nitrogens is 1. The van der Waals surface area contributed by atoms with Gasteiger partial charge in [-0.15, -0.1) is 6.42 Å². The normalized spacial score (nSPS) is 12.6. The molecule has 1 atom stereocenters. The van der Waals surface area contributed by atoms with Crippen LogP contribution in [-0.4, -0.2) is 4.98 Å². The minimum Gasteiger partial charge on any atom is -0.361 e. The van der Waals surface area contributed by atoms with Crippen LogP contribution in [0.3, 0.4) is 0 Å². The van der Waals surface area contributed by atoms with Crippen molar-refractivity contribution in [3.05, 3.63) is 36.0 Å². The fourth-order valence-electron chi connectivity index (χ4n) is 1.56. The summed E-state index contributed by atoms with van der Waals surface area (Å²) in [6.45, 7) is 2.04. The highest BCUT2D eigenvalue weighted by Crippen LogP contribution is 2.23. The second kappa shape index (κ2) is 2.99. The Kier molecular flexibility index (Phi) is 1.83. The monoisotopic (exact) mass is 169 g/mol. The SMILES string of the molecule is C#CC(C)c1cccc2cc[nH]c12. The smallest absolute Gasteiger partial charge is 0.0499 e. The number of para-hydroxylation sites is 1. The number of aromatic amines is 1. The molecule has 0 fully saturated rings. The first-order chi connectivity index (χ1) is 6.33. The highest BCUT2D eigenvalue weighted by molar-refractivity contribution is 5.83. The van der Waals surface area contributed by atoms with Crippen LogP contribution >= 0.6 is 0 Å². The Labute approximate surface area is 77.8 Å². The van der Waals surface area contributed by atoms with Gasteiger partial charge in [0.25, 0.3) is 0 Å². The maximum Gasteiger partial charge on any atom is 0.0499 e. The van der Waals surface area contributed by atoms with Crippen molar-refractivity contribution >= 4 is 10.9 Å². The Morgan fingerprint density at radius 3 is 3.00 bits per heavy atom. The van der Waals surface area contributed by atoms with Crippen molar-refractivity contribution in [3.8, 4) is 12.3 Å². The van der Waals surface area contributed by atoms with Gasteiger partial charge in [-0.1, -0.05) is 24.1 Å². The zero-order valence-corrected chi connectivity index (χ0v) is 7.54. The highest BCUT2D eigenvalue weighted by atomic mass is 14.7. The number of aromatic nitrogens is 1. The van der Waals surface area contributed by atoms with Crippen LogP contribution in [0, 0.1) is 12.3 Å². The lowest BCUT2D eigenvalue weighted by Crippen LogP contribution is -1.90. The molecule has 1 aromatic carbocycles. The fourth-order valence-corrected chi connectivity index (χ4v) is 1.56. The van der Waals surface area contributed by atoms with E-state index in [1.807, 2.05) is 19.2 Å². The van der Waals surface area contributed by atoms with Crippen LogP contribution in [0.15, 0.2) is 30.5 Å². The quantitative estimate of drug-likeness (QED) is 0.632. The van der Waals surface area contributed by atoms with Gasteiger partial charge in [-0.25, -0.2) is 0 Å². The number of terminal acetylenes is 1. The van der Waals surface area contributed by atoms with E-state index in [4.69, 9.17) is 6.42 Å². The van der Waals surface area contributed by atoms with Crippen molar-refractivity contribution in [2.24, 2.45) is 0 Å². The number of benzene rings is 1. The van der Waals surface area contributed by atoms with Gasteiger partial charge in [0.15, 0.2) is 0 Å². The van der Waals surface area contributed by atoms with Crippen LogP contribution in [0.1, 0.15) is 18.4 Å². The number of hydrogen-bond acceptors (Lipinski definition) is 0. The number of fused-ring (bicyclic) bond motifs is 1. The molecular weight excluding hydrogens is 158 g/mol. The van der Waals surface area contributed by atoms with E-state index in [-0.39, 0.29) is 5.92 Å². The van der Waals surface area contributed by atoms with Crippen LogP contribution in [-0.2, 0) is 0 Å². The number of hydrogen-bond donors (Lipinski definition) is 1. The summed E-state index contributed by atoms with van der Waals surface area (Å²) < 4.78 is 0. The molecule has 13 heavy (non-hydrogen) atoms. The average Bonchev–Trinajstić information content (AvgIpc) is 2.63. The van der Waals surface area contributed by atoms with Crippen molar-refractivity contribution in [2.45, 2.75) is 12.8 Å². The Morgan fingerprint density at radius 1 is 1.38 bits per heavy atom. The van der Waals surface area contributed by atoms with Crippen LogP contribution in [0.5, 0.6) is 0 Å². The maximum atomic E-state index is 5.40. The van der Waals surface area contributed by atoms with E-state index >= 15 is 0 Å². The molecule has 1 heterocycles. The van der Waals surface area contributed by atoms with Gasteiger partial charge < -0.3 is 4.98 Å². The predicted molar refractivity (Wildman–Crippen MR) is 55.5 cm³/mol. The third-order valence-corrected chi connectivity index (χ3v) is 2.34. The molecule has 1 unspecified atom stereocenters. The zero-order valence-electron chi connectivity index (χ0n) is 7.54. The van der Waals surface area contributed by atoms with Gasteiger partial charge in [0.05, 0.1) is 0 Å². The van der Waals surface area contributed by atoms with Gasteiger partial charge in [-0.05, 0) is 23.9 Å². The first-order valence-corrected chi connectivity index (χ1v) is 4.35. The van der Waals surface area contributed by atoms with Gasteiger partial charge >= 0.3 is 0 Å². The summed E-state index contributed by atoms with van der Waals surface area (Å²) in [6.07, 6.45) is 7.34. The number of nitrogens with one attached hydrogen (secondary N) is 1. The van der Waals surface area contributed by atoms with E-state index in [1.54, 1.807) is 0 Å². The summed E-state index contributed by atoms with van der Waals surface area (Å²) in [5.74, 6) is 2.91. The summed E-state index contributed by atoms with van der Waals surface area (Å²) >= 11 is 0. The largest absolute Gasteiger partial charge is 0.361 e. The Morgan fingerprint density at radius 2 is 2.23 bits per heavy atom. The van der Waals surface area contributed by atoms with E-state index in [9.17, 15) is 0 Å². The Bertz CT molecular complexity index is 459. The fraction of sp³-hybridized carbons (Fsp3) is 0.167. The summed E-state index contributed by atoms with van der Waals surface area (Å²) in [5.41, 5.74) is 2.36. The molecular formula is C12H11N. The van der Waals surface area contributed by atoms with Crippen LogP contribution in [0.25, 0.3) is 10.9 Å². The second-order valence-electron chi connectivity index (χ2n) is 3.18. The van der Waals surface area contributed by atoms with Crippen molar-refractivity contribution in [3.63, 3.8) is 0 Å². The summed E-state index contributed by atoms with van der Waals surface area (Å²) in [5, 5.41) is 1.22. The molecule has 2 rings (SSSR count). The predicted octanol–water partition coefficient (Wildman–Crippen LogP) is 2.90. The Balaban J connectivity index is 2.69. The van der Waals surface area contributed by atoms with E-state index in [2.05, 4.69) is 29.1 Å². The second-order valence-corrected chi connectivity index (χ2v) is 3.18.